The van der Waals surface area contributed by atoms with Crippen molar-refractivity contribution in [3.8, 4) is 11.5 Å². The summed E-state index contributed by atoms with van der Waals surface area (Å²) in [6.07, 6.45) is 4.65. The molecule has 1 amide bonds. The molecule has 0 unspecified atom stereocenters. The summed E-state index contributed by atoms with van der Waals surface area (Å²) < 4.78 is 5.92. The molecule has 0 fully saturated rings. The third kappa shape index (κ3) is 2.52. The maximum Gasteiger partial charge on any atom is 0.287 e. The van der Waals surface area contributed by atoms with Crippen molar-refractivity contribution in [3.05, 3.63) is 33.3 Å². The van der Waals surface area contributed by atoms with Gasteiger partial charge in [0.05, 0.1) is 5.56 Å². The van der Waals surface area contributed by atoms with E-state index in [2.05, 4.69) is 6.92 Å². The van der Waals surface area contributed by atoms with E-state index < -0.39 is 17.4 Å². The number of phenols is 1. The summed E-state index contributed by atoms with van der Waals surface area (Å²) in [6, 6.07) is 2.97. The quantitative estimate of drug-likeness (QED) is 0.781. The molecule has 0 bridgehead atoms. The van der Waals surface area contributed by atoms with Gasteiger partial charge in [0.15, 0.2) is 0 Å². The summed E-state index contributed by atoms with van der Waals surface area (Å²) in [5.74, 6) is -0.667. The van der Waals surface area contributed by atoms with E-state index in [-0.39, 0.29) is 21.6 Å². The van der Waals surface area contributed by atoms with Crippen molar-refractivity contribution < 1.29 is 19.4 Å². The Balaban J connectivity index is 2.01. The third-order valence-electron chi connectivity index (χ3n) is 4.77. The van der Waals surface area contributed by atoms with Crippen molar-refractivity contribution in [3.63, 3.8) is 0 Å². The Hall–Kier alpha value is -1.72. The predicted octanol–water partition coefficient (Wildman–Crippen LogP) is 3.95. The van der Waals surface area contributed by atoms with Gasteiger partial charge in [-0.05, 0) is 25.0 Å². The van der Waals surface area contributed by atoms with Gasteiger partial charge in [0.25, 0.3) is 11.6 Å². The molecule has 0 radical (unpaired) electrons. The lowest BCUT2D eigenvalue weighted by Crippen LogP contribution is -2.53. The summed E-state index contributed by atoms with van der Waals surface area (Å²) >= 11 is 12.2. The average molecular weight is 384 g/mol. The second-order valence-electron chi connectivity index (χ2n) is 6.32. The minimum absolute atomic E-state index is 0.0678. The molecule has 134 valence electrons. The molecule has 25 heavy (non-hydrogen) atoms. The molecule has 7 heteroatoms. The topological polar surface area (TPSA) is 66.8 Å². The van der Waals surface area contributed by atoms with Crippen LogP contribution in [0.4, 0.5) is 0 Å². The Morgan fingerprint density at radius 2 is 1.92 bits per heavy atom. The van der Waals surface area contributed by atoms with E-state index in [9.17, 15) is 14.7 Å². The number of carbonyl (C=O) groups excluding carboxylic acids is 2. The van der Waals surface area contributed by atoms with Crippen LogP contribution in [0, 0.1) is 0 Å². The zero-order chi connectivity index (χ0) is 18.4. The number of benzene rings is 1. The molecular formula is C18H19Cl2NO4. The van der Waals surface area contributed by atoms with Gasteiger partial charge < -0.3 is 9.84 Å². The van der Waals surface area contributed by atoms with E-state index in [0.29, 0.717) is 17.5 Å². The fourth-order valence-electron chi connectivity index (χ4n) is 3.30. The number of unbranched alkanes of at least 4 members (excludes halogenated alkanes) is 3. The van der Waals surface area contributed by atoms with Crippen molar-refractivity contribution in [2.45, 2.75) is 44.8 Å². The molecule has 3 rings (SSSR count). The minimum Gasteiger partial charge on any atom is -0.508 e. The van der Waals surface area contributed by atoms with Crippen molar-refractivity contribution >= 4 is 34.9 Å². The number of Topliss-reactive ketones (excluding diaryl/α,β-unsaturated/α-hetero) is 1. The smallest absolute Gasteiger partial charge is 0.287 e. The van der Waals surface area contributed by atoms with Crippen LogP contribution in [0.3, 0.4) is 0 Å². The summed E-state index contributed by atoms with van der Waals surface area (Å²) in [4.78, 5) is 26.2. The van der Waals surface area contributed by atoms with Crippen molar-refractivity contribution in [1.29, 1.82) is 0 Å². The van der Waals surface area contributed by atoms with Crippen LogP contribution in [-0.4, -0.2) is 34.5 Å². The number of carbonyl (C=O) groups is 2. The number of hydrogen-bond acceptors (Lipinski definition) is 4. The summed E-state index contributed by atoms with van der Waals surface area (Å²) in [7, 11) is 1.42. The van der Waals surface area contributed by atoms with Gasteiger partial charge in [0.1, 0.15) is 21.6 Å². The van der Waals surface area contributed by atoms with Gasteiger partial charge in [0, 0.05) is 12.6 Å². The zero-order valence-corrected chi connectivity index (χ0v) is 15.6. The molecule has 0 saturated heterocycles. The van der Waals surface area contributed by atoms with Gasteiger partial charge in [-0.15, -0.1) is 0 Å². The lowest BCUT2D eigenvalue weighted by molar-refractivity contribution is -0.131. The summed E-state index contributed by atoms with van der Waals surface area (Å²) in [5, 5.41) is 9.88. The van der Waals surface area contributed by atoms with Crippen molar-refractivity contribution in [2.24, 2.45) is 0 Å². The van der Waals surface area contributed by atoms with Gasteiger partial charge in [-0.1, -0.05) is 49.4 Å². The van der Waals surface area contributed by atoms with E-state index >= 15 is 0 Å². The number of fused-ring (bicyclic) bond motifs is 1. The van der Waals surface area contributed by atoms with Crippen molar-refractivity contribution in [1.82, 2.24) is 4.90 Å². The fourth-order valence-corrected chi connectivity index (χ4v) is 3.89. The van der Waals surface area contributed by atoms with Crippen LogP contribution in [0.15, 0.2) is 22.2 Å². The highest BCUT2D eigenvalue weighted by molar-refractivity contribution is 6.51. The number of amides is 1. The molecule has 0 saturated carbocycles. The first-order valence-electron chi connectivity index (χ1n) is 8.28. The summed E-state index contributed by atoms with van der Waals surface area (Å²) in [6.45, 7) is 2.12. The van der Waals surface area contributed by atoms with Gasteiger partial charge in [-0.2, -0.15) is 0 Å². The molecule has 2 aliphatic heterocycles. The number of nitrogens with zero attached hydrogens (tertiary/aromatic N) is 1. The molecule has 1 N–H and O–H groups in total. The first-order valence-corrected chi connectivity index (χ1v) is 9.04. The molecule has 1 aromatic rings. The second kappa shape index (κ2) is 6.54. The highest BCUT2D eigenvalue weighted by atomic mass is 35.5. The number of rotatable bonds is 5. The van der Waals surface area contributed by atoms with Crippen LogP contribution in [0.2, 0.25) is 0 Å². The highest BCUT2D eigenvalue weighted by Gasteiger charge is 2.61. The predicted molar refractivity (Wildman–Crippen MR) is 95.1 cm³/mol. The fraction of sp³-hybridized carbons (Fsp3) is 0.444. The number of ketones is 1. The average Bonchev–Trinajstić information content (AvgIpc) is 2.98. The Kier molecular flexibility index (Phi) is 4.73. The van der Waals surface area contributed by atoms with Crippen LogP contribution < -0.4 is 4.74 Å². The SMILES string of the molecule is CCCCCCc1c(O)ccc2c1O[C@]1(C2=O)C(Cl)=C(Cl)C(=O)N1C. The Morgan fingerprint density at radius 3 is 2.52 bits per heavy atom. The monoisotopic (exact) mass is 383 g/mol. The van der Waals surface area contributed by atoms with Gasteiger partial charge in [-0.25, -0.2) is 0 Å². The Labute approximate surface area is 156 Å². The third-order valence-corrected chi connectivity index (χ3v) is 5.67. The minimum atomic E-state index is -1.76. The largest absolute Gasteiger partial charge is 0.508 e. The summed E-state index contributed by atoms with van der Waals surface area (Å²) in [5.41, 5.74) is -0.899. The number of halogens is 2. The molecule has 5 nitrogen and oxygen atoms in total. The number of ether oxygens (including phenoxy) is 1. The lowest BCUT2D eigenvalue weighted by atomic mass is 9.98. The van der Waals surface area contributed by atoms with Crippen LogP contribution in [-0.2, 0) is 11.2 Å². The van der Waals surface area contributed by atoms with Crippen molar-refractivity contribution in [2.75, 3.05) is 7.05 Å². The number of aromatic hydroxyl groups is 1. The molecule has 1 spiro atoms. The van der Waals surface area contributed by atoms with Crippen LogP contribution in [0.1, 0.15) is 48.5 Å². The molecule has 0 aromatic heterocycles. The molecule has 1 atom stereocenters. The first-order chi connectivity index (χ1) is 11.9. The van der Waals surface area contributed by atoms with E-state index in [0.717, 1.165) is 30.6 Å². The maximum atomic E-state index is 13.0. The second-order valence-corrected chi connectivity index (χ2v) is 7.07. The molecule has 2 aliphatic rings. The Morgan fingerprint density at radius 1 is 1.20 bits per heavy atom. The molecule has 2 heterocycles. The van der Waals surface area contributed by atoms with Crippen LogP contribution in [0.5, 0.6) is 11.5 Å². The van der Waals surface area contributed by atoms with E-state index in [1.54, 1.807) is 0 Å². The highest BCUT2D eigenvalue weighted by Crippen LogP contribution is 2.50. The molecular weight excluding hydrogens is 365 g/mol. The number of likely N-dealkylation sites (N-methyl/N-ethyl adjacent to an activating group) is 1. The Bertz CT molecular complexity index is 790. The van der Waals surface area contributed by atoms with E-state index in [1.807, 2.05) is 0 Å². The van der Waals surface area contributed by atoms with Crippen LogP contribution >= 0.6 is 23.2 Å². The number of phenolic OH excluding ortho intramolecular Hbond substituents is 1. The van der Waals surface area contributed by atoms with Crippen LogP contribution in [0.25, 0.3) is 0 Å². The standard InChI is InChI=1S/C18H19Cl2NO4/c1-3-4-5-6-7-10-12(22)9-8-11-14(10)25-18(16(11)23)15(20)13(19)17(24)21(18)2/h8-9,22H,3-7H2,1-2H3/t18-/m0/s1. The zero-order valence-electron chi connectivity index (χ0n) is 14.1. The molecule has 0 aliphatic carbocycles. The number of hydrogen-bond donors (Lipinski definition) is 1. The van der Waals surface area contributed by atoms with Gasteiger partial charge in [0.2, 0.25) is 5.78 Å². The van der Waals surface area contributed by atoms with E-state index in [1.165, 1.54) is 19.2 Å². The normalized spacial score (nSPS) is 22.2. The van der Waals surface area contributed by atoms with Gasteiger partial charge in [-0.3, -0.25) is 14.5 Å². The molecule has 1 aromatic carbocycles. The first kappa shape index (κ1) is 18.1. The van der Waals surface area contributed by atoms with Gasteiger partial charge >= 0.3 is 0 Å². The lowest BCUT2D eigenvalue weighted by Gasteiger charge is -2.30. The maximum absolute atomic E-state index is 13.0. The van der Waals surface area contributed by atoms with E-state index in [4.69, 9.17) is 27.9 Å².